The van der Waals surface area contributed by atoms with Gasteiger partial charge in [0, 0.05) is 11.5 Å². The van der Waals surface area contributed by atoms with Crippen LogP contribution in [0.25, 0.3) is 0 Å². The normalized spacial score (nSPS) is 35.3. The first-order valence-corrected chi connectivity index (χ1v) is 8.43. The molecule has 4 unspecified atom stereocenters. The number of urea groups is 1. The van der Waals surface area contributed by atoms with E-state index in [4.69, 9.17) is 4.42 Å². The van der Waals surface area contributed by atoms with Gasteiger partial charge < -0.3 is 15.1 Å². The minimum absolute atomic E-state index is 0.0330. The van der Waals surface area contributed by atoms with Gasteiger partial charge in [0.2, 0.25) is 5.89 Å². The largest absolute Gasteiger partial charge is 0.447 e. The van der Waals surface area contributed by atoms with Crippen molar-refractivity contribution >= 4 is 6.03 Å². The molecule has 0 aromatic carbocycles. The Morgan fingerprint density at radius 1 is 1.32 bits per heavy atom. The molecule has 0 spiro atoms. The van der Waals surface area contributed by atoms with Crippen LogP contribution in [-0.2, 0) is 12.0 Å². The molecular formula is C17H25N3O2. The Labute approximate surface area is 131 Å². The molecule has 1 aromatic rings. The van der Waals surface area contributed by atoms with E-state index in [1.165, 1.54) is 19.3 Å². The zero-order chi connectivity index (χ0) is 15.5. The number of hydrogen-bond acceptors (Lipinski definition) is 3. The number of oxazole rings is 1. The molecule has 5 nitrogen and oxygen atoms in total. The Morgan fingerprint density at radius 2 is 2.00 bits per heavy atom. The van der Waals surface area contributed by atoms with E-state index in [0.717, 1.165) is 29.4 Å². The van der Waals surface area contributed by atoms with E-state index in [0.29, 0.717) is 18.5 Å². The molecule has 120 valence electrons. The van der Waals surface area contributed by atoms with Gasteiger partial charge in [0.1, 0.15) is 6.26 Å². The Bertz CT molecular complexity index is 573. The molecule has 4 rings (SSSR count). The van der Waals surface area contributed by atoms with Crippen molar-refractivity contribution in [1.82, 2.24) is 15.6 Å². The van der Waals surface area contributed by atoms with Gasteiger partial charge in [-0.05, 0) is 42.9 Å². The topological polar surface area (TPSA) is 67.2 Å². The zero-order valence-electron chi connectivity index (χ0n) is 13.6. The Balaban J connectivity index is 1.26. The molecule has 0 saturated heterocycles. The molecule has 0 aliphatic heterocycles. The van der Waals surface area contributed by atoms with E-state index >= 15 is 0 Å². The zero-order valence-corrected chi connectivity index (χ0v) is 13.6. The van der Waals surface area contributed by atoms with Crippen LogP contribution >= 0.6 is 0 Å². The maximum absolute atomic E-state index is 12.0. The third-order valence-corrected chi connectivity index (χ3v) is 5.75. The minimum Gasteiger partial charge on any atom is -0.447 e. The predicted octanol–water partition coefficient (Wildman–Crippen LogP) is 2.82. The summed E-state index contributed by atoms with van der Waals surface area (Å²) in [6.45, 7) is 6.62. The summed E-state index contributed by atoms with van der Waals surface area (Å²) < 4.78 is 5.43. The third-order valence-electron chi connectivity index (χ3n) is 5.75. The van der Waals surface area contributed by atoms with Crippen LogP contribution in [0.15, 0.2) is 10.7 Å². The number of rotatable bonds is 3. The quantitative estimate of drug-likeness (QED) is 0.902. The molecule has 2 N–H and O–H groups in total. The summed E-state index contributed by atoms with van der Waals surface area (Å²) in [6.07, 6.45) is 5.83. The average molecular weight is 303 g/mol. The second-order valence-corrected chi connectivity index (χ2v) is 8.22. The van der Waals surface area contributed by atoms with Crippen molar-refractivity contribution in [3.63, 3.8) is 0 Å². The lowest BCUT2D eigenvalue weighted by atomic mass is 9.93. The van der Waals surface area contributed by atoms with E-state index < -0.39 is 0 Å². The van der Waals surface area contributed by atoms with Gasteiger partial charge in [-0.3, -0.25) is 0 Å². The number of fused-ring (bicyclic) bond motifs is 5. The van der Waals surface area contributed by atoms with Gasteiger partial charge in [-0.2, -0.15) is 0 Å². The molecule has 4 atom stereocenters. The van der Waals surface area contributed by atoms with Gasteiger partial charge in [0.25, 0.3) is 0 Å². The van der Waals surface area contributed by atoms with Crippen molar-refractivity contribution in [3.05, 3.63) is 17.8 Å². The summed E-state index contributed by atoms with van der Waals surface area (Å²) in [5.41, 5.74) is 0.882. The van der Waals surface area contributed by atoms with Crippen molar-refractivity contribution in [3.8, 4) is 0 Å². The highest BCUT2D eigenvalue weighted by atomic mass is 16.3. The molecule has 1 aromatic heterocycles. The lowest BCUT2D eigenvalue weighted by molar-refractivity contribution is 0.236. The van der Waals surface area contributed by atoms with Crippen molar-refractivity contribution in [1.29, 1.82) is 0 Å². The Kier molecular flexibility index (Phi) is 3.03. The van der Waals surface area contributed by atoms with Crippen LogP contribution in [-0.4, -0.2) is 17.1 Å². The van der Waals surface area contributed by atoms with E-state index in [2.05, 4.69) is 36.4 Å². The third kappa shape index (κ3) is 2.31. The fourth-order valence-electron chi connectivity index (χ4n) is 4.61. The highest BCUT2D eigenvalue weighted by Gasteiger charge is 2.65. The van der Waals surface area contributed by atoms with Crippen LogP contribution in [0, 0.1) is 23.7 Å². The molecule has 22 heavy (non-hydrogen) atoms. The summed E-state index contributed by atoms with van der Waals surface area (Å²) in [5.74, 6) is 3.84. The molecular weight excluding hydrogens is 278 g/mol. The smallest absolute Gasteiger partial charge is 0.315 e. The monoisotopic (exact) mass is 303 g/mol. The highest BCUT2D eigenvalue weighted by Crippen LogP contribution is 2.65. The SMILES string of the molecule is CC(C)(C)c1coc(CNC(=O)NC2C3C4CCC(C4)C23)n1. The van der Waals surface area contributed by atoms with Crippen LogP contribution < -0.4 is 10.6 Å². The van der Waals surface area contributed by atoms with Crippen LogP contribution in [0.3, 0.4) is 0 Å². The standard InChI is InChI=1S/C17H25N3O2/c1-17(2,3)11-8-22-12(19-11)7-18-16(21)20-15-13-9-4-5-10(6-9)14(13)15/h8-10,13-15H,4-7H2,1-3H3,(H2,18,20,21). The van der Waals surface area contributed by atoms with Crippen LogP contribution in [0.4, 0.5) is 4.79 Å². The van der Waals surface area contributed by atoms with Crippen molar-refractivity contribution in [2.75, 3.05) is 0 Å². The number of hydrogen-bond donors (Lipinski definition) is 2. The second-order valence-electron chi connectivity index (χ2n) is 8.22. The molecule has 1 heterocycles. The van der Waals surface area contributed by atoms with Crippen molar-refractivity contribution in [2.45, 2.75) is 58.0 Å². The van der Waals surface area contributed by atoms with Crippen molar-refractivity contribution < 1.29 is 9.21 Å². The molecule has 2 bridgehead atoms. The maximum atomic E-state index is 12.0. The van der Waals surface area contributed by atoms with Crippen LogP contribution in [0.1, 0.15) is 51.6 Å². The Hall–Kier alpha value is -1.52. The highest BCUT2D eigenvalue weighted by molar-refractivity contribution is 5.74. The number of nitrogens with zero attached hydrogens (tertiary/aromatic N) is 1. The van der Waals surface area contributed by atoms with E-state index in [1.54, 1.807) is 6.26 Å². The average Bonchev–Trinajstić information content (AvgIpc) is 2.92. The number of amides is 2. The van der Waals surface area contributed by atoms with Gasteiger partial charge in [0.05, 0.1) is 12.2 Å². The van der Waals surface area contributed by atoms with Gasteiger partial charge in [-0.15, -0.1) is 0 Å². The maximum Gasteiger partial charge on any atom is 0.315 e. The summed E-state index contributed by atoms with van der Waals surface area (Å²) in [5, 5.41) is 6.01. The molecule has 0 radical (unpaired) electrons. The molecule has 2 amide bonds. The van der Waals surface area contributed by atoms with Gasteiger partial charge >= 0.3 is 6.03 Å². The fourth-order valence-corrected chi connectivity index (χ4v) is 4.61. The second kappa shape index (κ2) is 4.74. The van der Waals surface area contributed by atoms with Crippen LogP contribution in [0.2, 0.25) is 0 Å². The number of aromatic nitrogens is 1. The first-order chi connectivity index (χ1) is 10.4. The van der Waals surface area contributed by atoms with Gasteiger partial charge in [-0.1, -0.05) is 20.8 Å². The molecule has 3 fully saturated rings. The van der Waals surface area contributed by atoms with Gasteiger partial charge in [0.15, 0.2) is 0 Å². The molecule has 3 saturated carbocycles. The Morgan fingerprint density at radius 3 is 2.59 bits per heavy atom. The van der Waals surface area contributed by atoms with E-state index in [1.807, 2.05) is 0 Å². The lowest BCUT2D eigenvalue weighted by Crippen LogP contribution is -2.38. The van der Waals surface area contributed by atoms with Crippen molar-refractivity contribution in [2.24, 2.45) is 23.7 Å². The predicted molar refractivity (Wildman–Crippen MR) is 82.2 cm³/mol. The van der Waals surface area contributed by atoms with E-state index in [-0.39, 0.29) is 11.4 Å². The summed E-state index contributed by atoms with van der Waals surface area (Å²) in [6, 6.07) is 0.329. The van der Waals surface area contributed by atoms with Crippen LogP contribution in [0.5, 0.6) is 0 Å². The molecule has 5 heteroatoms. The molecule has 3 aliphatic rings. The first-order valence-electron chi connectivity index (χ1n) is 8.43. The fraction of sp³-hybridized carbons (Fsp3) is 0.765. The van der Waals surface area contributed by atoms with E-state index in [9.17, 15) is 4.79 Å². The lowest BCUT2D eigenvalue weighted by Gasteiger charge is -2.13. The number of nitrogens with one attached hydrogen (secondary N) is 2. The molecule has 3 aliphatic carbocycles. The number of carbonyl (C=O) groups is 1. The first kappa shape index (κ1) is 14.1. The summed E-state index contributed by atoms with van der Waals surface area (Å²) in [7, 11) is 0. The minimum atomic E-state index is -0.0886. The summed E-state index contributed by atoms with van der Waals surface area (Å²) in [4.78, 5) is 16.5. The summed E-state index contributed by atoms with van der Waals surface area (Å²) >= 11 is 0. The van der Waals surface area contributed by atoms with Gasteiger partial charge in [-0.25, -0.2) is 9.78 Å². The number of carbonyl (C=O) groups excluding carboxylic acids is 1.